The van der Waals surface area contributed by atoms with Gasteiger partial charge in [0.15, 0.2) is 0 Å². The lowest BCUT2D eigenvalue weighted by Crippen LogP contribution is -1.99. The van der Waals surface area contributed by atoms with Gasteiger partial charge in [0.1, 0.15) is 11.3 Å². The molecule has 3 nitrogen and oxygen atoms in total. The zero-order chi connectivity index (χ0) is 19.5. The van der Waals surface area contributed by atoms with Crippen molar-refractivity contribution >= 4 is 33.1 Å². The van der Waals surface area contributed by atoms with Crippen LogP contribution in [-0.4, -0.2) is 14.5 Å². The molecule has 0 amide bonds. The lowest BCUT2D eigenvalue weighted by atomic mass is 10.2. The van der Waals surface area contributed by atoms with Crippen molar-refractivity contribution in [1.29, 1.82) is 0 Å². The van der Waals surface area contributed by atoms with Crippen LogP contribution in [0.25, 0.3) is 38.8 Å². The Bertz CT molecular complexity index is 1310. The molecule has 0 aliphatic rings. The Kier molecular flexibility index (Phi) is 4.47. The quantitative estimate of drug-likeness (QED) is 0.340. The number of rotatable bonds is 1. The van der Waals surface area contributed by atoms with E-state index in [1.165, 1.54) is 0 Å². The predicted molar refractivity (Wildman–Crippen MR) is 120 cm³/mol. The minimum atomic E-state index is 0.833. The molecule has 29 heavy (non-hydrogen) atoms. The van der Waals surface area contributed by atoms with Crippen molar-refractivity contribution in [3.8, 4) is 5.69 Å². The van der Waals surface area contributed by atoms with Crippen LogP contribution in [0.2, 0.25) is 0 Å². The van der Waals surface area contributed by atoms with Crippen LogP contribution in [0.3, 0.4) is 0 Å². The van der Waals surface area contributed by atoms with Gasteiger partial charge in [-0.3, -0.25) is 4.57 Å². The van der Waals surface area contributed by atoms with Crippen LogP contribution < -0.4 is 0 Å². The van der Waals surface area contributed by atoms with E-state index in [0.717, 1.165) is 38.8 Å². The molecule has 0 saturated carbocycles. The SMILES string of the molecule is c1ccc(-n2c3cccc(ccc4ccccc4ccc4cccc2n4)n3)cc1. The minimum Gasteiger partial charge on any atom is -0.279 e. The van der Waals surface area contributed by atoms with E-state index in [9.17, 15) is 0 Å². The van der Waals surface area contributed by atoms with Crippen LogP contribution >= 0.6 is 0 Å². The van der Waals surface area contributed by atoms with Crippen LogP contribution in [0.15, 0.2) is 115 Å². The second-order valence-electron chi connectivity index (χ2n) is 6.81. The van der Waals surface area contributed by atoms with Gasteiger partial charge >= 0.3 is 0 Å². The molecule has 3 heterocycles. The molecular weight excluding hydrogens is 354 g/mol. The summed E-state index contributed by atoms with van der Waals surface area (Å²) in [5, 5.41) is 2.29. The Morgan fingerprint density at radius 3 is 1.48 bits per heavy atom. The van der Waals surface area contributed by atoms with Crippen LogP contribution in [0.4, 0.5) is 0 Å². The third-order valence-corrected chi connectivity index (χ3v) is 4.85. The van der Waals surface area contributed by atoms with Crippen molar-refractivity contribution in [1.82, 2.24) is 14.5 Å². The predicted octanol–water partition coefficient (Wildman–Crippen LogP) is 6.41. The fourth-order valence-corrected chi connectivity index (χ4v) is 3.44. The summed E-state index contributed by atoms with van der Waals surface area (Å²) in [5.74, 6) is 0. The first-order valence-electron chi connectivity index (χ1n) is 9.61. The van der Waals surface area contributed by atoms with E-state index in [4.69, 9.17) is 9.97 Å². The van der Waals surface area contributed by atoms with Crippen LogP contribution in [-0.2, 0) is 0 Å². The van der Waals surface area contributed by atoms with E-state index in [2.05, 4.69) is 65.2 Å². The largest absolute Gasteiger partial charge is 0.279 e. The maximum atomic E-state index is 4.90. The third-order valence-electron chi connectivity index (χ3n) is 4.85. The highest BCUT2D eigenvalue weighted by Crippen LogP contribution is 2.16. The van der Waals surface area contributed by atoms with Gasteiger partial charge in [0.05, 0.1) is 11.0 Å². The summed E-state index contributed by atoms with van der Waals surface area (Å²) in [6.07, 6.45) is 0. The number of benzene rings is 2. The lowest BCUT2D eigenvalue weighted by Gasteiger charge is -2.09. The van der Waals surface area contributed by atoms with Gasteiger partial charge in [-0.2, -0.15) is 0 Å². The molecule has 4 bridgehead atoms. The number of pyridine rings is 2. The van der Waals surface area contributed by atoms with Crippen LogP contribution in [0, 0.1) is 0 Å². The molecule has 5 aromatic rings. The summed E-state index contributed by atoms with van der Waals surface area (Å²) >= 11 is 0. The first kappa shape index (κ1) is 17.1. The van der Waals surface area contributed by atoms with Crippen molar-refractivity contribution in [2.75, 3.05) is 0 Å². The number of para-hydroxylation sites is 1. The second kappa shape index (κ2) is 7.56. The fraction of sp³-hybridized carbons (Fsp3) is 0. The maximum Gasteiger partial charge on any atom is 0.139 e. The highest BCUT2D eigenvalue weighted by atomic mass is 15.1. The molecule has 2 aromatic carbocycles. The van der Waals surface area contributed by atoms with E-state index in [1.54, 1.807) is 0 Å². The standard InChI is InChI=1S/C26H19N3/c1-2-12-24(13-3-1)29-25-14-6-10-22(27-25)18-16-20-8-4-5-9-21(20)17-19-23-11-7-15-26(29)28-23/h1-19H. The second-order valence-corrected chi connectivity index (χ2v) is 6.81. The normalized spacial score (nSPS) is 10.8. The summed E-state index contributed by atoms with van der Waals surface area (Å²) in [6.45, 7) is 0. The summed E-state index contributed by atoms with van der Waals surface area (Å²) in [5.41, 5.74) is 4.49. The Labute approximate surface area is 168 Å². The molecule has 0 atom stereocenters. The highest BCUT2D eigenvalue weighted by molar-refractivity contribution is 5.82. The van der Waals surface area contributed by atoms with E-state index >= 15 is 0 Å². The molecule has 0 radical (unpaired) electrons. The lowest BCUT2D eigenvalue weighted by molar-refractivity contribution is 1.09. The topological polar surface area (TPSA) is 30.7 Å². The van der Waals surface area contributed by atoms with Crippen molar-refractivity contribution < 1.29 is 0 Å². The van der Waals surface area contributed by atoms with Crippen molar-refractivity contribution in [3.63, 3.8) is 0 Å². The first-order chi connectivity index (χ1) is 14.4. The zero-order valence-electron chi connectivity index (χ0n) is 15.8. The Morgan fingerprint density at radius 2 is 0.931 bits per heavy atom. The molecule has 0 saturated heterocycles. The van der Waals surface area contributed by atoms with Gasteiger partial charge in [-0.15, -0.1) is 0 Å². The fourth-order valence-electron chi connectivity index (χ4n) is 3.44. The molecule has 138 valence electrons. The van der Waals surface area contributed by atoms with Gasteiger partial charge < -0.3 is 0 Å². The molecule has 0 fully saturated rings. The molecule has 3 heteroatoms. The molecule has 0 aliphatic carbocycles. The molecule has 0 N–H and O–H groups in total. The van der Waals surface area contributed by atoms with E-state index in [-0.39, 0.29) is 0 Å². The number of hydrogen-bond donors (Lipinski definition) is 0. The average molecular weight is 373 g/mol. The number of fused-ring (bicyclic) bond motifs is 5. The number of aromatic nitrogens is 3. The van der Waals surface area contributed by atoms with Crippen molar-refractivity contribution in [2.45, 2.75) is 0 Å². The summed E-state index contributed by atoms with van der Waals surface area (Å²) < 4.78 is 2.08. The summed E-state index contributed by atoms with van der Waals surface area (Å²) in [6, 6.07) is 39.0. The first-order valence-corrected chi connectivity index (χ1v) is 9.61. The van der Waals surface area contributed by atoms with E-state index in [1.807, 2.05) is 54.6 Å². The molecule has 5 rings (SSSR count). The highest BCUT2D eigenvalue weighted by Gasteiger charge is 2.02. The van der Waals surface area contributed by atoms with Gasteiger partial charge in [0.2, 0.25) is 0 Å². The number of nitrogens with zero attached hydrogens (tertiary/aromatic N) is 3. The van der Waals surface area contributed by atoms with Gasteiger partial charge in [-0.1, -0.05) is 66.7 Å². The van der Waals surface area contributed by atoms with Crippen LogP contribution in [0.5, 0.6) is 0 Å². The molecular formula is C26H19N3. The summed E-state index contributed by atoms with van der Waals surface area (Å²) in [7, 11) is 0. The minimum absolute atomic E-state index is 0.833. The molecule has 3 aromatic heterocycles. The molecule has 0 spiro atoms. The third kappa shape index (κ3) is 3.58. The Balaban J connectivity index is 1.98. The zero-order valence-corrected chi connectivity index (χ0v) is 15.8. The number of hydrogen-bond acceptors (Lipinski definition) is 2. The average Bonchev–Trinajstić information content (AvgIpc) is 2.78. The molecule has 0 aliphatic heterocycles. The smallest absolute Gasteiger partial charge is 0.139 e. The monoisotopic (exact) mass is 373 g/mol. The van der Waals surface area contributed by atoms with E-state index < -0.39 is 0 Å². The maximum absolute atomic E-state index is 4.90. The van der Waals surface area contributed by atoms with Gasteiger partial charge in [-0.25, -0.2) is 9.97 Å². The van der Waals surface area contributed by atoms with E-state index in [0.29, 0.717) is 0 Å². The van der Waals surface area contributed by atoms with Crippen molar-refractivity contribution in [3.05, 3.63) is 115 Å². The van der Waals surface area contributed by atoms with Gasteiger partial charge in [-0.05, 0) is 59.3 Å². The van der Waals surface area contributed by atoms with Crippen LogP contribution in [0.1, 0.15) is 0 Å². The Morgan fingerprint density at radius 1 is 0.414 bits per heavy atom. The van der Waals surface area contributed by atoms with Crippen molar-refractivity contribution in [2.24, 2.45) is 0 Å². The van der Waals surface area contributed by atoms with Gasteiger partial charge in [0.25, 0.3) is 0 Å². The Hall–Kier alpha value is -3.98. The molecule has 0 unspecified atom stereocenters. The summed E-state index contributed by atoms with van der Waals surface area (Å²) in [4.78, 5) is 9.80. The van der Waals surface area contributed by atoms with Gasteiger partial charge in [0, 0.05) is 5.69 Å².